The van der Waals surface area contributed by atoms with E-state index in [4.69, 9.17) is 4.74 Å². The van der Waals surface area contributed by atoms with Gasteiger partial charge >= 0.3 is 0 Å². The van der Waals surface area contributed by atoms with Crippen LogP contribution < -0.4 is 5.32 Å². The summed E-state index contributed by atoms with van der Waals surface area (Å²) in [5.41, 5.74) is 3.10. The second kappa shape index (κ2) is 7.69. The van der Waals surface area contributed by atoms with Crippen LogP contribution in [-0.4, -0.2) is 28.9 Å². The van der Waals surface area contributed by atoms with Crippen LogP contribution in [-0.2, 0) is 17.6 Å². The monoisotopic (exact) mass is 286 g/mol. The fourth-order valence-electron chi connectivity index (χ4n) is 2.23. The van der Waals surface area contributed by atoms with Crippen molar-refractivity contribution < 1.29 is 4.74 Å². The van der Waals surface area contributed by atoms with Gasteiger partial charge in [0.2, 0.25) is 5.95 Å². The Balaban J connectivity index is 2.21. The third-order valence-corrected chi connectivity index (χ3v) is 3.35. The minimum Gasteiger partial charge on any atom is -0.382 e. The van der Waals surface area contributed by atoms with E-state index in [2.05, 4.69) is 46.5 Å². The molecule has 2 rings (SSSR count). The molecule has 0 aliphatic heterocycles. The van der Waals surface area contributed by atoms with Crippen molar-refractivity contribution in [3.63, 3.8) is 0 Å². The first kappa shape index (κ1) is 15.4. The highest BCUT2D eigenvalue weighted by atomic mass is 16.5. The van der Waals surface area contributed by atoms with Gasteiger partial charge in [-0.1, -0.05) is 44.2 Å². The summed E-state index contributed by atoms with van der Waals surface area (Å²) >= 11 is 0. The lowest BCUT2D eigenvalue weighted by Gasteiger charge is -2.18. The van der Waals surface area contributed by atoms with Gasteiger partial charge in [-0.15, -0.1) is 5.10 Å². The molecule has 0 saturated carbocycles. The van der Waals surface area contributed by atoms with Gasteiger partial charge in [0.15, 0.2) is 0 Å². The van der Waals surface area contributed by atoms with Gasteiger partial charge in [-0.3, -0.25) is 0 Å². The Hall–Kier alpha value is -2.01. The van der Waals surface area contributed by atoms with Crippen molar-refractivity contribution in [1.29, 1.82) is 0 Å². The second-order valence-corrected chi connectivity index (χ2v) is 4.80. The minimum absolute atomic E-state index is 0.00943. The quantitative estimate of drug-likeness (QED) is 0.848. The average Bonchev–Trinajstić information content (AvgIpc) is 2.55. The molecule has 1 heterocycles. The zero-order chi connectivity index (χ0) is 15.1. The molecular formula is C16H22N4O. The summed E-state index contributed by atoms with van der Waals surface area (Å²) in [4.78, 5) is 4.57. The lowest BCUT2D eigenvalue weighted by Crippen LogP contribution is -2.19. The topological polar surface area (TPSA) is 59.9 Å². The number of methoxy groups -OCH3 is 1. The first-order valence-corrected chi connectivity index (χ1v) is 7.31. The Bertz CT molecular complexity index is 559. The van der Waals surface area contributed by atoms with Gasteiger partial charge in [0.05, 0.1) is 24.0 Å². The van der Waals surface area contributed by atoms with E-state index in [0.717, 1.165) is 29.8 Å². The van der Waals surface area contributed by atoms with Crippen LogP contribution in [0.25, 0.3) is 0 Å². The average molecular weight is 286 g/mol. The smallest absolute Gasteiger partial charge is 0.243 e. The van der Waals surface area contributed by atoms with E-state index in [9.17, 15) is 0 Å². The molecule has 0 bridgehead atoms. The number of nitrogens with one attached hydrogen (secondary N) is 1. The van der Waals surface area contributed by atoms with E-state index in [0.29, 0.717) is 12.6 Å². The van der Waals surface area contributed by atoms with Crippen LogP contribution in [0.1, 0.15) is 36.8 Å². The largest absolute Gasteiger partial charge is 0.382 e. The van der Waals surface area contributed by atoms with Crippen LogP contribution in [0.15, 0.2) is 30.3 Å². The van der Waals surface area contributed by atoms with Gasteiger partial charge < -0.3 is 10.1 Å². The SMILES string of the molecule is CCc1nnc(NC(COC)c2ccccc2)nc1CC. The summed E-state index contributed by atoms with van der Waals surface area (Å²) in [5.74, 6) is 0.551. The zero-order valence-corrected chi connectivity index (χ0v) is 12.8. The first-order valence-electron chi connectivity index (χ1n) is 7.31. The molecule has 0 aliphatic carbocycles. The molecular weight excluding hydrogens is 264 g/mol. The normalized spacial score (nSPS) is 12.1. The summed E-state index contributed by atoms with van der Waals surface area (Å²) < 4.78 is 5.29. The van der Waals surface area contributed by atoms with Crippen molar-refractivity contribution in [2.24, 2.45) is 0 Å². The van der Waals surface area contributed by atoms with Crippen molar-refractivity contribution in [2.45, 2.75) is 32.7 Å². The number of anilines is 1. The Morgan fingerprint density at radius 1 is 1.05 bits per heavy atom. The molecule has 5 heteroatoms. The molecule has 1 aromatic carbocycles. The van der Waals surface area contributed by atoms with Crippen LogP contribution in [0.5, 0.6) is 0 Å². The highest BCUT2D eigenvalue weighted by molar-refractivity contribution is 5.32. The van der Waals surface area contributed by atoms with Crippen LogP contribution >= 0.6 is 0 Å². The lowest BCUT2D eigenvalue weighted by atomic mass is 10.1. The van der Waals surface area contributed by atoms with Gasteiger partial charge in [0.25, 0.3) is 0 Å². The summed E-state index contributed by atoms with van der Waals surface area (Å²) in [6.45, 7) is 4.69. The highest BCUT2D eigenvalue weighted by Gasteiger charge is 2.14. The molecule has 5 nitrogen and oxygen atoms in total. The molecule has 2 aromatic rings. The molecule has 0 fully saturated rings. The van der Waals surface area contributed by atoms with Crippen molar-refractivity contribution in [3.05, 3.63) is 47.3 Å². The van der Waals surface area contributed by atoms with Gasteiger partial charge in [-0.2, -0.15) is 5.10 Å². The number of aryl methyl sites for hydroxylation is 2. The van der Waals surface area contributed by atoms with Gasteiger partial charge in [-0.05, 0) is 18.4 Å². The first-order chi connectivity index (χ1) is 10.3. The number of nitrogens with zero attached hydrogens (tertiary/aromatic N) is 3. The Morgan fingerprint density at radius 3 is 2.38 bits per heavy atom. The van der Waals surface area contributed by atoms with Gasteiger partial charge in [0, 0.05) is 7.11 Å². The van der Waals surface area contributed by atoms with Crippen LogP contribution in [0.4, 0.5) is 5.95 Å². The maximum atomic E-state index is 5.29. The Kier molecular flexibility index (Phi) is 5.63. The van der Waals surface area contributed by atoms with Crippen molar-refractivity contribution in [2.75, 3.05) is 19.0 Å². The fraction of sp³-hybridized carbons (Fsp3) is 0.438. The van der Waals surface area contributed by atoms with Crippen molar-refractivity contribution >= 4 is 5.95 Å². The summed E-state index contributed by atoms with van der Waals surface area (Å²) in [6, 6.07) is 10.1. The van der Waals surface area contributed by atoms with E-state index in [-0.39, 0.29) is 6.04 Å². The van der Waals surface area contributed by atoms with E-state index >= 15 is 0 Å². The number of hydrogen-bond donors (Lipinski definition) is 1. The van der Waals surface area contributed by atoms with Crippen LogP contribution in [0.2, 0.25) is 0 Å². The fourth-order valence-corrected chi connectivity index (χ4v) is 2.23. The predicted octanol–water partition coefficient (Wildman–Crippen LogP) is 2.80. The third kappa shape index (κ3) is 3.98. The minimum atomic E-state index is 0.00943. The number of aromatic nitrogens is 3. The van der Waals surface area contributed by atoms with E-state index in [1.165, 1.54) is 0 Å². The summed E-state index contributed by atoms with van der Waals surface area (Å²) in [6.07, 6.45) is 1.71. The van der Waals surface area contributed by atoms with Crippen LogP contribution in [0.3, 0.4) is 0 Å². The standard InChI is InChI=1S/C16H22N4O/c1-4-13-14(5-2)19-20-16(17-13)18-15(11-21-3)12-9-7-6-8-10-12/h6-10,15H,4-5,11H2,1-3H3,(H,17,18,20). The molecule has 1 N–H and O–H groups in total. The molecule has 0 aliphatic rings. The predicted molar refractivity (Wildman–Crippen MR) is 83.3 cm³/mol. The van der Waals surface area contributed by atoms with Crippen molar-refractivity contribution in [1.82, 2.24) is 15.2 Å². The number of ether oxygens (including phenoxy) is 1. The molecule has 1 aromatic heterocycles. The summed E-state index contributed by atoms with van der Waals surface area (Å²) in [7, 11) is 1.69. The lowest BCUT2D eigenvalue weighted by molar-refractivity contribution is 0.186. The number of hydrogen-bond acceptors (Lipinski definition) is 5. The maximum absolute atomic E-state index is 5.29. The number of rotatable bonds is 7. The molecule has 112 valence electrons. The Labute approximate surface area is 125 Å². The maximum Gasteiger partial charge on any atom is 0.243 e. The molecule has 1 unspecified atom stereocenters. The summed E-state index contributed by atoms with van der Waals surface area (Å²) in [5, 5.41) is 11.7. The zero-order valence-electron chi connectivity index (χ0n) is 12.8. The number of benzene rings is 1. The van der Waals surface area contributed by atoms with E-state index in [1.807, 2.05) is 18.2 Å². The Morgan fingerprint density at radius 2 is 1.76 bits per heavy atom. The molecule has 21 heavy (non-hydrogen) atoms. The molecule has 1 atom stereocenters. The third-order valence-electron chi connectivity index (χ3n) is 3.35. The molecule has 0 spiro atoms. The van der Waals surface area contributed by atoms with Crippen LogP contribution in [0, 0.1) is 0 Å². The van der Waals surface area contributed by atoms with Crippen molar-refractivity contribution in [3.8, 4) is 0 Å². The molecule has 0 radical (unpaired) electrons. The highest BCUT2D eigenvalue weighted by Crippen LogP contribution is 2.18. The van der Waals surface area contributed by atoms with Gasteiger partial charge in [0.1, 0.15) is 0 Å². The molecule has 0 amide bonds. The van der Waals surface area contributed by atoms with E-state index < -0.39 is 0 Å². The van der Waals surface area contributed by atoms with E-state index in [1.54, 1.807) is 7.11 Å². The van der Waals surface area contributed by atoms with Gasteiger partial charge in [-0.25, -0.2) is 4.98 Å². The second-order valence-electron chi connectivity index (χ2n) is 4.80. The molecule has 0 saturated heterocycles.